The number of aromatic nitrogens is 1. The molecule has 2 atom stereocenters. The molecule has 1 aliphatic heterocycles. The molecular weight excluding hydrogens is 194 g/mol. The minimum absolute atomic E-state index is 0.507. The van der Waals surface area contributed by atoms with Gasteiger partial charge in [-0.05, 0) is 6.42 Å². The van der Waals surface area contributed by atoms with Gasteiger partial charge in [-0.15, -0.1) is 11.3 Å². The van der Waals surface area contributed by atoms with Gasteiger partial charge in [0.15, 0.2) is 5.13 Å². The lowest BCUT2D eigenvalue weighted by Gasteiger charge is -2.28. The summed E-state index contributed by atoms with van der Waals surface area (Å²) < 4.78 is 0. The van der Waals surface area contributed by atoms with Crippen LogP contribution < -0.4 is 11.1 Å². The van der Waals surface area contributed by atoms with E-state index in [1.54, 1.807) is 11.3 Å². The number of hydrogen-bond donors (Lipinski definition) is 2. The highest BCUT2D eigenvalue weighted by Crippen LogP contribution is 2.33. The molecule has 0 amide bonds. The van der Waals surface area contributed by atoms with Crippen molar-refractivity contribution in [1.82, 2.24) is 10.3 Å². The first-order valence-corrected chi connectivity index (χ1v) is 6.02. The van der Waals surface area contributed by atoms with E-state index in [0.717, 1.165) is 6.54 Å². The van der Waals surface area contributed by atoms with Crippen LogP contribution in [0.1, 0.15) is 43.2 Å². The van der Waals surface area contributed by atoms with Crippen LogP contribution in [0.25, 0.3) is 0 Å². The van der Waals surface area contributed by atoms with Crippen LogP contribution in [0.4, 0.5) is 5.13 Å². The molecule has 0 saturated heterocycles. The monoisotopic (exact) mass is 211 g/mol. The van der Waals surface area contributed by atoms with Crippen LogP contribution in [-0.2, 0) is 6.54 Å². The smallest absolute Gasteiger partial charge is 0.180 e. The quantitative estimate of drug-likeness (QED) is 0.787. The van der Waals surface area contributed by atoms with Crippen molar-refractivity contribution in [2.24, 2.45) is 0 Å². The van der Waals surface area contributed by atoms with Gasteiger partial charge < -0.3 is 11.1 Å². The molecule has 0 aromatic carbocycles. The van der Waals surface area contributed by atoms with E-state index in [9.17, 15) is 0 Å². The number of rotatable bonds is 2. The lowest BCUT2D eigenvalue weighted by Crippen LogP contribution is -2.37. The summed E-state index contributed by atoms with van der Waals surface area (Å²) >= 11 is 1.62. The molecule has 2 heterocycles. The zero-order valence-corrected chi connectivity index (χ0v) is 9.53. The first-order chi connectivity index (χ1) is 6.72. The number of nitrogen functional groups attached to an aromatic ring is 1. The normalized spacial score (nSPS) is 26.1. The van der Waals surface area contributed by atoms with Gasteiger partial charge in [0.25, 0.3) is 0 Å². The third-order valence-electron chi connectivity index (χ3n) is 2.90. The number of fused-ring (bicyclic) bond motifs is 1. The zero-order valence-electron chi connectivity index (χ0n) is 8.71. The van der Waals surface area contributed by atoms with Crippen molar-refractivity contribution in [1.29, 1.82) is 0 Å². The van der Waals surface area contributed by atoms with Gasteiger partial charge in [0.1, 0.15) is 0 Å². The summed E-state index contributed by atoms with van der Waals surface area (Å²) in [6.07, 6.45) is 2.44. The van der Waals surface area contributed by atoms with Crippen LogP contribution in [0.3, 0.4) is 0 Å². The Bertz CT molecular complexity index is 321. The number of nitrogens with zero attached hydrogens (tertiary/aromatic N) is 1. The van der Waals surface area contributed by atoms with E-state index in [1.807, 2.05) is 0 Å². The van der Waals surface area contributed by atoms with Gasteiger partial charge in [-0.2, -0.15) is 0 Å². The summed E-state index contributed by atoms with van der Waals surface area (Å²) in [5, 5.41) is 4.26. The molecule has 4 heteroatoms. The molecule has 3 N–H and O–H groups in total. The van der Waals surface area contributed by atoms with Crippen LogP contribution >= 0.6 is 11.3 Å². The van der Waals surface area contributed by atoms with Crippen molar-refractivity contribution in [3.8, 4) is 0 Å². The summed E-state index contributed by atoms with van der Waals surface area (Å²) in [5.41, 5.74) is 6.95. The van der Waals surface area contributed by atoms with Gasteiger partial charge in [0.2, 0.25) is 0 Å². The molecule has 0 radical (unpaired) electrons. The Morgan fingerprint density at radius 2 is 2.43 bits per heavy atom. The van der Waals surface area contributed by atoms with Crippen molar-refractivity contribution < 1.29 is 0 Å². The maximum Gasteiger partial charge on any atom is 0.180 e. The van der Waals surface area contributed by atoms with E-state index in [1.165, 1.54) is 23.4 Å². The minimum Gasteiger partial charge on any atom is -0.375 e. The fraction of sp³-hybridized carbons (Fsp3) is 0.700. The lowest BCUT2D eigenvalue weighted by molar-refractivity contribution is 0.392. The molecule has 1 aromatic rings. The number of anilines is 1. The summed E-state index contributed by atoms with van der Waals surface area (Å²) in [6, 6.07) is 0.578. The Morgan fingerprint density at radius 1 is 1.64 bits per heavy atom. The molecule has 0 aliphatic carbocycles. The molecule has 0 unspecified atom stereocenters. The van der Waals surface area contributed by atoms with Gasteiger partial charge >= 0.3 is 0 Å². The van der Waals surface area contributed by atoms with Gasteiger partial charge in [-0.25, -0.2) is 4.98 Å². The highest BCUT2D eigenvalue weighted by molar-refractivity contribution is 7.15. The molecule has 3 nitrogen and oxygen atoms in total. The molecular formula is C10H17N3S. The average Bonchev–Trinajstić information content (AvgIpc) is 2.52. The Kier molecular flexibility index (Phi) is 2.74. The molecule has 0 fully saturated rings. The SMILES string of the molecule is CCC[C@H]1NCc2sc(N)nc2[C@@H]1C. The zero-order chi connectivity index (χ0) is 10.1. The van der Waals surface area contributed by atoms with Crippen molar-refractivity contribution in [2.75, 3.05) is 5.73 Å². The largest absolute Gasteiger partial charge is 0.375 e. The first-order valence-electron chi connectivity index (χ1n) is 5.20. The molecule has 0 saturated carbocycles. The van der Waals surface area contributed by atoms with E-state index in [-0.39, 0.29) is 0 Å². The average molecular weight is 211 g/mol. The molecule has 14 heavy (non-hydrogen) atoms. The number of hydrogen-bond acceptors (Lipinski definition) is 4. The Morgan fingerprint density at radius 3 is 3.14 bits per heavy atom. The minimum atomic E-state index is 0.507. The predicted molar refractivity (Wildman–Crippen MR) is 60.5 cm³/mol. The standard InChI is InChI=1S/C10H17N3S/c1-3-4-7-6(2)9-8(5-12-7)14-10(11)13-9/h6-7,12H,3-5H2,1-2H3,(H2,11,13)/t6-,7-/m1/s1. The van der Waals surface area contributed by atoms with E-state index < -0.39 is 0 Å². The first kappa shape index (κ1) is 9.93. The predicted octanol–water partition coefficient (Wildman–Crippen LogP) is 2.10. The lowest BCUT2D eigenvalue weighted by atomic mass is 9.91. The van der Waals surface area contributed by atoms with Gasteiger partial charge in [0.05, 0.1) is 5.69 Å². The molecule has 0 spiro atoms. The van der Waals surface area contributed by atoms with E-state index in [2.05, 4.69) is 24.1 Å². The summed E-state index contributed by atoms with van der Waals surface area (Å²) in [7, 11) is 0. The molecule has 1 aliphatic rings. The third-order valence-corrected chi connectivity index (χ3v) is 3.80. The Hall–Kier alpha value is -0.610. The Balaban J connectivity index is 2.22. The summed E-state index contributed by atoms with van der Waals surface area (Å²) in [4.78, 5) is 5.74. The number of nitrogens with one attached hydrogen (secondary N) is 1. The van der Waals surface area contributed by atoms with Crippen LogP contribution in [0.5, 0.6) is 0 Å². The van der Waals surface area contributed by atoms with Crippen molar-refractivity contribution in [3.05, 3.63) is 10.6 Å². The highest BCUT2D eigenvalue weighted by atomic mass is 32.1. The second-order valence-electron chi connectivity index (χ2n) is 3.93. The number of nitrogens with two attached hydrogens (primary N) is 1. The molecule has 78 valence electrons. The van der Waals surface area contributed by atoms with E-state index >= 15 is 0 Å². The fourth-order valence-corrected chi connectivity index (χ4v) is 3.01. The summed E-state index contributed by atoms with van der Waals surface area (Å²) in [6.45, 7) is 5.41. The van der Waals surface area contributed by atoms with Crippen LogP contribution in [-0.4, -0.2) is 11.0 Å². The van der Waals surface area contributed by atoms with Crippen LogP contribution in [0.15, 0.2) is 0 Å². The maximum absolute atomic E-state index is 5.72. The van der Waals surface area contributed by atoms with Gasteiger partial charge in [0, 0.05) is 23.4 Å². The second-order valence-corrected chi connectivity index (χ2v) is 5.04. The number of thiazole rings is 1. The fourth-order valence-electron chi connectivity index (χ4n) is 2.12. The van der Waals surface area contributed by atoms with Crippen molar-refractivity contribution in [3.63, 3.8) is 0 Å². The second kappa shape index (κ2) is 3.87. The van der Waals surface area contributed by atoms with Crippen molar-refractivity contribution in [2.45, 2.75) is 45.2 Å². The topological polar surface area (TPSA) is 50.9 Å². The molecule has 2 rings (SSSR count). The van der Waals surface area contributed by atoms with Gasteiger partial charge in [-0.3, -0.25) is 0 Å². The Labute approximate surface area is 88.7 Å². The summed E-state index contributed by atoms with van der Waals surface area (Å²) in [5.74, 6) is 0.507. The molecule has 0 bridgehead atoms. The van der Waals surface area contributed by atoms with Crippen LogP contribution in [0, 0.1) is 0 Å². The third kappa shape index (κ3) is 1.64. The van der Waals surface area contributed by atoms with Gasteiger partial charge in [-0.1, -0.05) is 20.3 Å². The van der Waals surface area contributed by atoms with Crippen LogP contribution in [0.2, 0.25) is 0 Å². The van der Waals surface area contributed by atoms with E-state index in [0.29, 0.717) is 17.1 Å². The van der Waals surface area contributed by atoms with E-state index in [4.69, 9.17) is 5.73 Å². The molecule has 1 aromatic heterocycles. The van der Waals surface area contributed by atoms with Crippen molar-refractivity contribution >= 4 is 16.5 Å². The maximum atomic E-state index is 5.72. The highest BCUT2D eigenvalue weighted by Gasteiger charge is 2.27.